The lowest BCUT2D eigenvalue weighted by Gasteiger charge is -2.17. The molecule has 1 aromatic heterocycles. The minimum atomic E-state index is -0.510. The number of fused-ring (bicyclic) bond motifs is 1. The van der Waals surface area contributed by atoms with Crippen molar-refractivity contribution in [2.75, 3.05) is 4.90 Å². The van der Waals surface area contributed by atoms with E-state index in [4.69, 9.17) is 4.52 Å². The Labute approximate surface area is 109 Å². The van der Waals surface area contributed by atoms with Crippen LogP contribution in [0.3, 0.4) is 0 Å². The minimum Gasteiger partial charge on any atom is -0.359 e. The second-order valence-electron chi connectivity index (χ2n) is 4.62. The number of ketones is 1. The first-order chi connectivity index (χ1) is 9.09. The van der Waals surface area contributed by atoms with Crippen molar-refractivity contribution in [1.82, 2.24) is 5.16 Å². The van der Waals surface area contributed by atoms with Crippen molar-refractivity contribution >= 4 is 17.4 Å². The highest BCUT2D eigenvalue weighted by molar-refractivity contribution is 6.52. The van der Waals surface area contributed by atoms with Gasteiger partial charge in [0.05, 0.1) is 24.0 Å². The van der Waals surface area contributed by atoms with Crippen LogP contribution in [0.15, 0.2) is 28.9 Å². The molecular formula is C14H12N2O3. The van der Waals surface area contributed by atoms with Crippen LogP contribution in [0.2, 0.25) is 0 Å². The molecule has 0 saturated carbocycles. The number of anilines is 1. The molecule has 0 radical (unpaired) electrons. The van der Waals surface area contributed by atoms with E-state index in [1.165, 1.54) is 11.1 Å². The van der Waals surface area contributed by atoms with Gasteiger partial charge in [0.25, 0.3) is 11.7 Å². The van der Waals surface area contributed by atoms with Crippen molar-refractivity contribution in [3.05, 3.63) is 46.8 Å². The number of aryl methyl sites for hydroxylation is 2. The van der Waals surface area contributed by atoms with Gasteiger partial charge < -0.3 is 4.52 Å². The molecule has 0 aliphatic carbocycles. The maximum absolute atomic E-state index is 12.1. The van der Waals surface area contributed by atoms with E-state index < -0.39 is 11.7 Å². The van der Waals surface area contributed by atoms with Crippen LogP contribution in [0.5, 0.6) is 0 Å². The van der Waals surface area contributed by atoms with E-state index in [0.717, 1.165) is 11.1 Å². The smallest absolute Gasteiger partial charge is 0.299 e. The van der Waals surface area contributed by atoms with Crippen LogP contribution < -0.4 is 4.90 Å². The quantitative estimate of drug-likeness (QED) is 0.771. The van der Waals surface area contributed by atoms with Gasteiger partial charge in [0.1, 0.15) is 0 Å². The van der Waals surface area contributed by atoms with Gasteiger partial charge in [-0.15, -0.1) is 0 Å². The van der Waals surface area contributed by atoms with Gasteiger partial charge in [0.2, 0.25) is 0 Å². The summed E-state index contributed by atoms with van der Waals surface area (Å²) >= 11 is 0. The molecule has 0 unspecified atom stereocenters. The zero-order valence-electron chi connectivity index (χ0n) is 10.6. The second-order valence-corrected chi connectivity index (χ2v) is 4.62. The van der Waals surface area contributed by atoms with E-state index in [2.05, 4.69) is 5.16 Å². The maximum Gasteiger partial charge on any atom is 0.299 e. The molecule has 19 heavy (non-hydrogen) atoms. The van der Waals surface area contributed by atoms with E-state index in [9.17, 15) is 9.59 Å². The molecule has 3 rings (SSSR count). The number of hydrogen-bond acceptors (Lipinski definition) is 4. The van der Waals surface area contributed by atoms with Gasteiger partial charge in [-0.3, -0.25) is 14.5 Å². The Bertz CT molecular complexity index is 674. The lowest BCUT2D eigenvalue weighted by atomic mass is 10.0. The number of amides is 1. The molecule has 1 amide bonds. The fourth-order valence-corrected chi connectivity index (χ4v) is 2.39. The summed E-state index contributed by atoms with van der Waals surface area (Å²) in [6.45, 7) is 3.95. The van der Waals surface area contributed by atoms with Crippen LogP contribution in [-0.4, -0.2) is 16.8 Å². The number of carbonyl (C=O) groups excluding carboxylic acids is 2. The van der Waals surface area contributed by atoms with Gasteiger partial charge in [-0.1, -0.05) is 17.3 Å². The Morgan fingerprint density at radius 1 is 1.16 bits per heavy atom. The first kappa shape index (κ1) is 11.6. The molecule has 1 aliphatic heterocycles. The molecule has 1 aliphatic rings. The highest BCUT2D eigenvalue weighted by atomic mass is 16.5. The van der Waals surface area contributed by atoms with E-state index in [-0.39, 0.29) is 6.54 Å². The van der Waals surface area contributed by atoms with Crippen LogP contribution in [0.4, 0.5) is 5.69 Å². The number of hydrogen-bond donors (Lipinski definition) is 0. The summed E-state index contributed by atoms with van der Waals surface area (Å²) in [5.41, 5.74) is 2.91. The van der Waals surface area contributed by atoms with Gasteiger partial charge >= 0.3 is 0 Å². The predicted octanol–water partition coefficient (Wildman–Crippen LogP) is 2.02. The first-order valence-electron chi connectivity index (χ1n) is 5.95. The molecule has 5 nitrogen and oxygen atoms in total. The van der Waals surface area contributed by atoms with Crippen LogP contribution in [0, 0.1) is 13.8 Å². The lowest BCUT2D eigenvalue weighted by Crippen LogP contribution is -2.29. The van der Waals surface area contributed by atoms with E-state index in [1.807, 2.05) is 26.0 Å². The number of nitrogens with zero attached hydrogens (tertiary/aromatic N) is 2. The highest BCUT2D eigenvalue weighted by Gasteiger charge is 2.38. The van der Waals surface area contributed by atoms with Crippen molar-refractivity contribution in [3.8, 4) is 0 Å². The number of Topliss-reactive ketones (excluding diaryl/α,β-unsaturated/α-hetero) is 1. The molecule has 96 valence electrons. The molecule has 0 bridgehead atoms. The molecule has 0 N–H and O–H groups in total. The average molecular weight is 256 g/mol. The van der Waals surface area contributed by atoms with Crippen molar-refractivity contribution in [3.63, 3.8) is 0 Å². The number of aromatic nitrogens is 1. The third-order valence-corrected chi connectivity index (χ3v) is 3.33. The van der Waals surface area contributed by atoms with Crippen molar-refractivity contribution < 1.29 is 14.1 Å². The molecule has 1 aromatic carbocycles. The monoisotopic (exact) mass is 256 g/mol. The Morgan fingerprint density at radius 2 is 1.89 bits per heavy atom. The molecule has 5 heteroatoms. The summed E-state index contributed by atoms with van der Waals surface area (Å²) in [5.74, 6) is -0.408. The number of benzene rings is 1. The van der Waals surface area contributed by atoms with Crippen LogP contribution >= 0.6 is 0 Å². The van der Waals surface area contributed by atoms with Gasteiger partial charge in [0, 0.05) is 6.07 Å². The summed E-state index contributed by atoms with van der Waals surface area (Å²) in [4.78, 5) is 25.6. The Kier molecular flexibility index (Phi) is 2.48. The molecule has 2 aromatic rings. The van der Waals surface area contributed by atoms with Gasteiger partial charge in [-0.25, -0.2) is 0 Å². The van der Waals surface area contributed by atoms with E-state index >= 15 is 0 Å². The van der Waals surface area contributed by atoms with Gasteiger partial charge in [-0.2, -0.15) is 0 Å². The first-order valence-corrected chi connectivity index (χ1v) is 5.95. The van der Waals surface area contributed by atoms with Crippen LogP contribution in [0.25, 0.3) is 0 Å². The average Bonchev–Trinajstić information content (AvgIpc) is 2.97. The molecule has 0 spiro atoms. The normalized spacial score (nSPS) is 14.1. The second kappa shape index (κ2) is 4.05. The summed E-state index contributed by atoms with van der Waals surface area (Å²) in [7, 11) is 0. The number of carbonyl (C=O) groups is 2. The fraction of sp³-hybridized carbons (Fsp3) is 0.214. The zero-order chi connectivity index (χ0) is 13.6. The molecule has 0 fully saturated rings. The molecule has 2 heterocycles. The summed E-state index contributed by atoms with van der Waals surface area (Å²) in [6.07, 6.45) is 1.52. The summed E-state index contributed by atoms with van der Waals surface area (Å²) < 4.78 is 5.01. The van der Waals surface area contributed by atoms with Crippen molar-refractivity contribution in [2.45, 2.75) is 20.4 Å². The molecule has 0 atom stereocenters. The highest BCUT2D eigenvalue weighted by Crippen LogP contribution is 2.35. The third-order valence-electron chi connectivity index (χ3n) is 3.33. The van der Waals surface area contributed by atoms with Crippen LogP contribution in [0.1, 0.15) is 27.2 Å². The van der Waals surface area contributed by atoms with Crippen LogP contribution in [-0.2, 0) is 11.3 Å². The lowest BCUT2D eigenvalue weighted by molar-refractivity contribution is -0.114. The van der Waals surface area contributed by atoms with Crippen molar-refractivity contribution in [1.29, 1.82) is 0 Å². The largest absolute Gasteiger partial charge is 0.359 e. The topological polar surface area (TPSA) is 63.4 Å². The van der Waals surface area contributed by atoms with E-state index in [1.54, 1.807) is 6.07 Å². The van der Waals surface area contributed by atoms with Gasteiger partial charge in [0.15, 0.2) is 5.76 Å². The summed E-state index contributed by atoms with van der Waals surface area (Å²) in [5, 5.41) is 3.61. The molecular weight excluding hydrogens is 244 g/mol. The van der Waals surface area contributed by atoms with E-state index in [0.29, 0.717) is 17.0 Å². The Hall–Kier alpha value is -2.43. The minimum absolute atomic E-state index is 0.224. The van der Waals surface area contributed by atoms with Gasteiger partial charge in [-0.05, 0) is 25.0 Å². The third kappa shape index (κ3) is 1.66. The maximum atomic E-state index is 12.1. The fourth-order valence-electron chi connectivity index (χ4n) is 2.39. The predicted molar refractivity (Wildman–Crippen MR) is 67.9 cm³/mol. The zero-order valence-corrected chi connectivity index (χ0v) is 10.6. The number of rotatable bonds is 2. The standard InChI is InChI=1S/C14H12N2O3/c1-8-3-4-9(2)12-11(8)13(17)14(18)16(12)7-10-5-6-15-19-10/h3-6H,7H2,1-2H3. The SMILES string of the molecule is Cc1ccc(C)c2c1C(=O)C(=O)N2Cc1ccno1. The summed E-state index contributed by atoms with van der Waals surface area (Å²) in [6, 6.07) is 5.45. The Morgan fingerprint density at radius 3 is 2.58 bits per heavy atom. The Balaban J connectivity index is 2.12. The van der Waals surface area contributed by atoms with Crippen molar-refractivity contribution in [2.24, 2.45) is 0 Å². The molecule has 0 saturated heterocycles.